The Labute approximate surface area is 129 Å². The van der Waals surface area contributed by atoms with Crippen LogP contribution in [-0.2, 0) is 21.2 Å². The lowest BCUT2D eigenvalue weighted by Crippen LogP contribution is -2.51. The number of aliphatic carboxylic acids is 1. The predicted octanol–water partition coefficient (Wildman–Crippen LogP) is 2.62. The van der Waals surface area contributed by atoms with Gasteiger partial charge in [0, 0.05) is 10.9 Å². The van der Waals surface area contributed by atoms with Gasteiger partial charge >= 0.3 is 5.97 Å². The maximum atomic E-state index is 12.4. The first-order valence-corrected chi connectivity index (χ1v) is 9.44. The van der Waals surface area contributed by atoms with E-state index in [9.17, 15) is 18.3 Å². The third kappa shape index (κ3) is 3.30. The monoisotopic (exact) mass is 331 g/mol. The van der Waals surface area contributed by atoms with Crippen molar-refractivity contribution in [2.75, 3.05) is 0 Å². The van der Waals surface area contributed by atoms with Crippen LogP contribution in [0.2, 0.25) is 0 Å². The van der Waals surface area contributed by atoms with Crippen molar-refractivity contribution < 1.29 is 18.3 Å². The van der Waals surface area contributed by atoms with E-state index in [0.29, 0.717) is 12.8 Å². The maximum absolute atomic E-state index is 12.4. The van der Waals surface area contributed by atoms with Gasteiger partial charge < -0.3 is 5.11 Å². The van der Waals surface area contributed by atoms with Gasteiger partial charge in [0.2, 0.25) is 10.0 Å². The molecule has 0 spiro atoms. The Hall–Kier alpha value is -0.920. The molecule has 7 heteroatoms. The number of rotatable bonds is 5. The van der Waals surface area contributed by atoms with Crippen molar-refractivity contribution >= 4 is 27.3 Å². The highest BCUT2D eigenvalue weighted by molar-refractivity contribution is 7.91. The number of aryl methyl sites for hydroxylation is 1. The summed E-state index contributed by atoms with van der Waals surface area (Å²) in [6.07, 6.45) is 3.52. The minimum atomic E-state index is -3.65. The minimum absolute atomic E-state index is 0.262. The van der Waals surface area contributed by atoms with Crippen molar-refractivity contribution in [3.63, 3.8) is 0 Å². The molecule has 2 unspecified atom stereocenters. The number of thiophene rings is 1. The molecule has 0 saturated heterocycles. The van der Waals surface area contributed by atoms with Crippen molar-refractivity contribution in [3.05, 3.63) is 17.0 Å². The molecule has 0 radical (unpaired) electrons. The van der Waals surface area contributed by atoms with Crippen LogP contribution in [0.3, 0.4) is 0 Å². The molecule has 0 bridgehead atoms. The molecule has 21 heavy (non-hydrogen) atoms. The average Bonchev–Trinajstić information content (AvgIpc) is 2.91. The molecule has 1 fully saturated rings. The van der Waals surface area contributed by atoms with Gasteiger partial charge in [-0.1, -0.05) is 19.8 Å². The van der Waals surface area contributed by atoms with Gasteiger partial charge in [-0.2, -0.15) is 0 Å². The van der Waals surface area contributed by atoms with E-state index >= 15 is 0 Å². The number of hydrogen-bond donors (Lipinski definition) is 2. The highest BCUT2D eigenvalue weighted by atomic mass is 32.2. The highest BCUT2D eigenvalue weighted by Crippen LogP contribution is 2.37. The van der Waals surface area contributed by atoms with E-state index in [1.54, 1.807) is 19.1 Å². The Bertz CT molecular complexity index is 623. The summed E-state index contributed by atoms with van der Waals surface area (Å²) < 4.78 is 27.8. The van der Waals surface area contributed by atoms with Crippen molar-refractivity contribution in [1.82, 2.24) is 4.72 Å². The largest absolute Gasteiger partial charge is 0.481 e. The third-order valence-corrected chi connectivity index (χ3v) is 7.44. The van der Waals surface area contributed by atoms with Gasteiger partial charge in [-0.3, -0.25) is 4.79 Å². The van der Waals surface area contributed by atoms with E-state index in [4.69, 9.17) is 0 Å². The quantitative estimate of drug-likeness (QED) is 0.869. The van der Waals surface area contributed by atoms with E-state index in [1.165, 1.54) is 11.3 Å². The fraction of sp³-hybridized carbons (Fsp3) is 0.643. The SMILES string of the molecule is CCc1ccc(S(=O)(=O)NC2CCCCC2(C)C(=O)O)s1. The van der Waals surface area contributed by atoms with Gasteiger partial charge in [0.25, 0.3) is 0 Å². The Balaban J connectivity index is 2.24. The molecule has 5 nitrogen and oxygen atoms in total. The molecule has 1 saturated carbocycles. The first-order chi connectivity index (χ1) is 9.79. The lowest BCUT2D eigenvalue weighted by molar-refractivity contribution is -0.151. The fourth-order valence-corrected chi connectivity index (χ4v) is 5.41. The van der Waals surface area contributed by atoms with Gasteiger partial charge in [0.05, 0.1) is 5.41 Å². The lowest BCUT2D eigenvalue weighted by Gasteiger charge is -2.37. The molecule has 2 rings (SSSR count). The third-order valence-electron chi connectivity index (χ3n) is 4.24. The zero-order chi connectivity index (χ0) is 15.7. The van der Waals surface area contributed by atoms with Gasteiger partial charge in [-0.15, -0.1) is 11.3 Å². The summed E-state index contributed by atoms with van der Waals surface area (Å²) in [5, 5.41) is 9.45. The lowest BCUT2D eigenvalue weighted by atomic mass is 9.72. The van der Waals surface area contributed by atoms with Gasteiger partial charge in [-0.25, -0.2) is 13.1 Å². The summed E-state index contributed by atoms with van der Waals surface area (Å²) in [7, 11) is -3.65. The molecule has 1 aliphatic carbocycles. The zero-order valence-corrected chi connectivity index (χ0v) is 13.9. The first kappa shape index (κ1) is 16.5. The van der Waals surface area contributed by atoms with E-state index in [-0.39, 0.29) is 4.21 Å². The zero-order valence-electron chi connectivity index (χ0n) is 12.3. The van der Waals surface area contributed by atoms with Crippen LogP contribution < -0.4 is 4.72 Å². The molecule has 0 amide bonds. The molecular formula is C14H21NO4S2. The minimum Gasteiger partial charge on any atom is -0.481 e. The average molecular weight is 331 g/mol. The molecule has 1 aliphatic rings. The number of hydrogen-bond acceptors (Lipinski definition) is 4. The topological polar surface area (TPSA) is 83.5 Å². The van der Waals surface area contributed by atoms with Crippen molar-refractivity contribution in [1.29, 1.82) is 0 Å². The Morgan fingerprint density at radius 3 is 2.76 bits per heavy atom. The Morgan fingerprint density at radius 2 is 2.19 bits per heavy atom. The summed E-state index contributed by atoms with van der Waals surface area (Å²) >= 11 is 1.24. The number of carboxylic acids is 1. The Kier molecular flexibility index (Phi) is 4.75. The predicted molar refractivity (Wildman–Crippen MR) is 82.0 cm³/mol. The molecule has 1 aromatic rings. The summed E-state index contributed by atoms with van der Waals surface area (Å²) in [6, 6.07) is 2.84. The molecule has 0 aliphatic heterocycles. The van der Waals surface area contributed by atoms with Crippen LogP contribution in [-0.4, -0.2) is 25.5 Å². The van der Waals surface area contributed by atoms with E-state index in [1.807, 2.05) is 6.92 Å². The molecule has 2 atom stereocenters. The number of carbonyl (C=O) groups is 1. The summed E-state index contributed by atoms with van der Waals surface area (Å²) in [4.78, 5) is 12.5. The van der Waals surface area contributed by atoms with Gasteiger partial charge in [0.1, 0.15) is 4.21 Å². The second kappa shape index (κ2) is 6.06. The number of carboxylic acid groups (broad SMARTS) is 1. The van der Waals surface area contributed by atoms with Gasteiger partial charge in [-0.05, 0) is 38.3 Å². The van der Waals surface area contributed by atoms with Gasteiger partial charge in [0.15, 0.2) is 0 Å². The van der Waals surface area contributed by atoms with Crippen LogP contribution in [0.5, 0.6) is 0 Å². The number of nitrogens with one attached hydrogen (secondary N) is 1. The summed E-state index contributed by atoms with van der Waals surface area (Å²) in [5.74, 6) is -0.935. The fourth-order valence-electron chi connectivity index (χ4n) is 2.72. The highest BCUT2D eigenvalue weighted by Gasteiger charge is 2.45. The molecular weight excluding hydrogens is 310 g/mol. The van der Waals surface area contributed by atoms with Crippen molar-refractivity contribution in [2.24, 2.45) is 5.41 Å². The molecule has 1 heterocycles. The van der Waals surface area contributed by atoms with Crippen LogP contribution in [0, 0.1) is 5.41 Å². The van der Waals surface area contributed by atoms with Crippen LogP contribution in [0.4, 0.5) is 0 Å². The normalized spacial score (nSPS) is 26.7. The summed E-state index contributed by atoms with van der Waals surface area (Å²) in [6.45, 7) is 3.60. The first-order valence-electron chi connectivity index (χ1n) is 7.14. The van der Waals surface area contributed by atoms with Crippen molar-refractivity contribution in [2.45, 2.75) is 56.2 Å². The van der Waals surface area contributed by atoms with E-state index < -0.39 is 27.4 Å². The van der Waals surface area contributed by atoms with E-state index in [2.05, 4.69) is 4.72 Å². The van der Waals surface area contributed by atoms with Crippen LogP contribution >= 0.6 is 11.3 Å². The second-order valence-electron chi connectivity index (χ2n) is 5.72. The van der Waals surface area contributed by atoms with Crippen LogP contribution in [0.25, 0.3) is 0 Å². The summed E-state index contributed by atoms with van der Waals surface area (Å²) in [5.41, 5.74) is -1.03. The molecule has 2 N–H and O–H groups in total. The number of sulfonamides is 1. The van der Waals surface area contributed by atoms with Crippen molar-refractivity contribution in [3.8, 4) is 0 Å². The smallest absolute Gasteiger partial charge is 0.310 e. The Morgan fingerprint density at radius 1 is 1.48 bits per heavy atom. The van der Waals surface area contributed by atoms with E-state index in [0.717, 1.165) is 24.1 Å². The second-order valence-corrected chi connectivity index (χ2v) is 8.83. The van der Waals surface area contributed by atoms with Crippen LogP contribution in [0.15, 0.2) is 16.3 Å². The molecule has 1 aromatic heterocycles. The maximum Gasteiger partial charge on any atom is 0.310 e. The van der Waals surface area contributed by atoms with Crippen LogP contribution in [0.1, 0.15) is 44.4 Å². The standard InChI is InChI=1S/C14H21NO4S2/c1-3-10-7-8-12(20-10)21(18,19)15-11-6-4-5-9-14(11,2)13(16)17/h7-8,11,15H,3-6,9H2,1-2H3,(H,16,17). The molecule has 0 aromatic carbocycles. The molecule has 118 valence electrons.